The Morgan fingerprint density at radius 2 is 0.694 bits per heavy atom. The van der Waals surface area contributed by atoms with Gasteiger partial charge in [-0.25, -0.2) is 0 Å². The second-order valence-electron chi connectivity index (χ2n) is 11.4. The predicted molar refractivity (Wildman–Crippen MR) is 154 cm³/mol. The molecule has 2 saturated heterocycles. The molecule has 8 heteroatoms. The zero-order valence-electron chi connectivity index (χ0n) is 23.4. The number of hydrogen-bond acceptors (Lipinski definition) is 8. The van der Waals surface area contributed by atoms with Gasteiger partial charge < -0.3 is 41.7 Å². The smallest absolute Gasteiger partial charge is 0.0107 e. The molecule has 36 heavy (non-hydrogen) atoms. The average molecular weight is 509 g/mol. The quantitative estimate of drug-likeness (QED) is 0.328. The first-order valence-electron chi connectivity index (χ1n) is 15.6. The molecular weight excluding hydrogens is 448 g/mol. The Morgan fingerprint density at radius 1 is 0.361 bits per heavy atom. The van der Waals surface area contributed by atoms with Crippen LogP contribution in [0.5, 0.6) is 0 Å². The first kappa shape index (κ1) is 30.2. The van der Waals surface area contributed by atoms with Crippen LogP contribution in [-0.4, -0.2) is 128 Å². The van der Waals surface area contributed by atoms with E-state index in [4.69, 9.17) is 0 Å². The van der Waals surface area contributed by atoms with Gasteiger partial charge in [-0.1, -0.05) is 0 Å². The van der Waals surface area contributed by atoms with Crippen LogP contribution >= 0.6 is 0 Å². The molecule has 1 saturated carbocycles. The Labute approximate surface area is 222 Å². The van der Waals surface area contributed by atoms with Crippen molar-refractivity contribution in [1.29, 1.82) is 0 Å². The molecule has 0 aromatic carbocycles. The van der Waals surface area contributed by atoms with E-state index < -0.39 is 0 Å². The maximum Gasteiger partial charge on any atom is 0.0107 e. The highest BCUT2D eigenvalue weighted by atomic mass is 15.2. The SMILES string of the molecule is C1CNCCNCCCN(CC2CCC(CN3CCCNCCNCCCNCC3)CC2)CCNC1. The van der Waals surface area contributed by atoms with Crippen LogP contribution in [0.4, 0.5) is 0 Å². The van der Waals surface area contributed by atoms with Crippen LogP contribution in [0.1, 0.15) is 51.4 Å². The maximum atomic E-state index is 3.68. The summed E-state index contributed by atoms with van der Waals surface area (Å²) in [5, 5.41) is 21.6. The van der Waals surface area contributed by atoms with E-state index in [0.29, 0.717) is 0 Å². The minimum atomic E-state index is 0.899. The first-order chi connectivity index (χ1) is 17.9. The van der Waals surface area contributed by atoms with E-state index in [1.807, 2.05) is 0 Å². The molecule has 3 rings (SSSR count). The highest BCUT2D eigenvalue weighted by Gasteiger charge is 2.24. The minimum absolute atomic E-state index is 0.899. The van der Waals surface area contributed by atoms with Gasteiger partial charge in [0.15, 0.2) is 0 Å². The van der Waals surface area contributed by atoms with Crippen LogP contribution < -0.4 is 31.9 Å². The van der Waals surface area contributed by atoms with Crippen molar-refractivity contribution in [1.82, 2.24) is 41.7 Å². The number of rotatable bonds is 4. The first-order valence-corrected chi connectivity index (χ1v) is 15.6. The summed E-state index contributed by atoms with van der Waals surface area (Å²) in [6.45, 7) is 21.0. The molecule has 0 spiro atoms. The summed E-state index contributed by atoms with van der Waals surface area (Å²) in [4.78, 5) is 5.53. The Hall–Kier alpha value is -0.320. The lowest BCUT2D eigenvalue weighted by Crippen LogP contribution is -2.41. The van der Waals surface area contributed by atoms with Crippen molar-refractivity contribution in [2.45, 2.75) is 51.4 Å². The molecule has 0 aromatic heterocycles. The Morgan fingerprint density at radius 3 is 1.08 bits per heavy atom. The average Bonchev–Trinajstić information content (AvgIpc) is 2.89. The van der Waals surface area contributed by atoms with E-state index in [1.165, 1.54) is 90.6 Å². The van der Waals surface area contributed by atoms with Crippen LogP contribution in [0.3, 0.4) is 0 Å². The Balaban J connectivity index is 1.35. The normalized spacial score (nSPS) is 29.7. The van der Waals surface area contributed by atoms with Crippen molar-refractivity contribution < 1.29 is 0 Å². The fourth-order valence-corrected chi connectivity index (χ4v) is 6.03. The lowest BCUT2D eigenvalue weighted by atomic mass is 9.81. The molecule has 212 valence electrons. The Bertz CT molecular complexity index is 428. The van der Waals surface area contributed by atoms with Crippen LogP contribution in [0.2, 0.25) is 0 Å². The zero-order valence-corrected chi connectivity index (χ0v) is 23.4. The minimum Gasteiger partial charge on any atom is -0.315 e. The molecule has 3 fully saturated rings. The predicted octanol–water partition coefficient (Wildman–Crippen LogP) is 0.522. The van der Waals surface area contributed by atoms with Gasteiger partial charge in [0.25, 0.3) is 0 Å². The maximum absolute atomic E-state index is 3.68. The van der Waals surface area contributed by atoms with Crippen LogP contribution in [0, 0.1) is 11.8 Å². The third kappa shape index (κ3) is 14.6. The number of hydrogen-bond donors (Lipinski definition) is 6. The third-order valence-corrected chi connectivity index (χ3v) is 8.24. The van der Waals surface area contributed by atoms with E-state index >= 15 is 0 Å². The molecule has 0 bridgehead atoms. The summed E-state index contributed by atoms with van der Waals surface area (Å²) in [5.74, 6) is 1.80. The zero-order chi connectivity index (χ0) is 24.9. The third-order valence-electron chi connectivity index (χ3n) is 8.24. The van der Waals surface area contributed by atoms with Crippen molar-refractivity contribution in [2.24, 2.45) is 11.8 Å². The van der Waals surface area contributed by atoms with E-state index in [2.05, 4.69) is 41.7 Å². The number of nitrogens with zero attached hydrogens (tertiary/aromatic N) is 2. The summed E-state index contributed by atoms with van der Waals surface area (Å²) in [6.07, 6.45) is 10.7. The molecule has 6 N–H and O–H groups in total. The van der Waals surface area contributed by atoms with Crippen molar-refractivity contribution in [2.75, 3.05) is 118 Å². The van der Waals surface area contributed by atoms with E-state index in [-0.39, 0.29) is 0 Å². The van der Waals surface area contributed by atoms with E-state index in [1.54, 1.807) is 0 Å². The summed E-state index contributed by atoms with van der Waals surface area (Å²) < 4.78 is 0. The van der Waals surface area contributed by atoms with E-state index in [9.17, 15) is 0 Å². The van der Waals surface area contributed by atoms with Gasteiger partial charge in [0.2, 0.25) is 0 Å². The summed E-state index contributed by atoms with van der Waals surface area (Å²) >= 11 is 0. The van der Waals surface area contributed by atoms with Crippen LogP contribution in [-0.2, 0) is 0 Å². The van der Waals surface area contributed by atoms with Gasteiger partial charge in [0.1, 0.15) is 0 Å². The standard InChI is InChI=1S/C28H60N8/c1-9-29-15-17-31-13-3-21-35(23-19-33-11-1)25-27-5-7-28(8-6-27)26-36-22-4-14-32-18-16-30-10-2-12-34-20-24-36/h27-34H,1-26H2. The van der Waals surface area contributed by atoms with Gasteiger partial charge in [0, 0.05) is 65.4 Å². The second kappa shape index (κ2) is 20.6. The number of nitrogens with one attached hydrogen (secondary N) is 6. The van der Waals surface area contributed by atoms with Crippen LogP contribution in [0.15, 0.2) is 0 Å². The molecule has 2 heterocycles. The fraction of sp³-hybridized carbons (Fsp3) is 1.00. The monoisotopic (exact) mass is 508 g/mol. The molecule has 2 aliphatic heterocycles. The molecule has 0 radical (unpaired) electrons. The second-order valence-corrected chi connectivity index (χ2v) is 11.4. The van der Waals surface area contributed by atoms with Gasteiger partial charge in [-0.15, -0.1) is 0 Å². The lowest BCUT2D eigenvalue weighted by Gasteiger charge is -2.35. The van der Waals surface area contributed by atoms with Gasteiger partial charge in [-0.3, -0.25) is 0 Å². The topological polar surface area (TPSA) is 78.7 Å². The van der Waals surface area contributed by atoms with Crippen molar-refractivity contribution in [3.05, 3.63) is 0 Å². The molecular formula is C28H60N8. The molecule has 0 unspecified atom stereocenters. The molecule has 0 aromatic rings. The van der Waals surface area contributed by atoms with Crippen LogP contribution in [0.25, 0.3) is 0 Å². The molecule has 1 aliphatic carbocycles. The molecule has 0 atom stereocenters. The van der Waals surface area contributed by atoms with Crippen molar-refractivity contribution in [3.63, 3.8) is 0 Å². The van der Waals surface area contributed by atoms with Gasteiger partial charge in [-0.2, -0.15) is 0 Å². The summed E-state index contributed by atoms with van der Waals surface area (Å²) in [7, 11) is 0. The highest BCUT2D eigenvalue weighted by Crippen LogP contribution is 2.30. The molecule has 0 amide bonds. The van der Waals surface area contributed by atoms with Crippen molar-refractivity contribution >= 4 is 0 Å². The molecule has 8 nitrogen and oxygen atoms in total. The van der Waals surface area contributed by atoms with Gasteiger partial charge >= 0.3 is 0 Å². The Kier molecular flexibility index (Phi) is 17.3. The van der Waals surface area contributed by atoms with Gasteiger partial charge in [-0.05, 0) is 116 Å². The molecule has 3 aliphatic rings. The van der Waals surface area contributed by atoms with E-state index in [0.717, 1.165) is 90.4 Å². The summed E-state index contributed by atoms with van der Waals surface area (Å²) in [5.41, 5.74) is 0. The lowest BCUT2D eigenvalue weighted by molar-refractivity contribution is 0.149. The van der Waals surface area contributed by atoms with Gasteiger partial charge in [0.05, 0.1) is 0 Å². The van der Waals surface area contributed by atoms with Crippen molar-refractivity contribution in [3.8, 4) is 0 Å². The fourth-order valence-electron chi connectivity index (χ4n) is 6.03. The highest BCUT2D eigenvalue weighted by molar-refractivity contribution is 4.79. The summed E-state index contributed by atoms with van der Waals surface area (Å²) in [6, 6.07) is 0. The largest absolute Gasteiger partial charge is 0.315 e.